The summed E-state index contributed by atoms with van der Waals surface area (Å²) in [5, 5.41) is 4.04. The largest absolute Gasteiger partial charge is 0.462 e. The van der Waals surface area contributed by atoms with Gasteiger partial charge in [-0.05, 0) is 6.92 Å². The van der Waals surface area contributed by atoms with E-state index in [1.165, 1.54) is 6.20 Å². The van der Waals surface area contributed by atoms with Crippen LogP contribution in [0.2, 0.25) is 0 Å². The second-order valence-electron chi connectivity index (χ2n) is 2.96. The van der Waals surface area contributed by atoms with Gasteiger partial charge in [0, 0.05) is 19.4 Å². The molecule has 0 aliphatic carbocycles. The number of hydrogen-bond acceptors (Lipinski definition) is 3. The van der Waals surface area contributed by atoms with Gasteiger partial charge in [0.1, 0.15) is 11.2 Å². The molecule has 74 valence electrons. The van der Waals surface area contributed by atoms with E-state index in [4.69, 9.17) is 4.74 Å². The molecule has 14 heavy (non-hydrogen) atoms. The third kappa shape index (κ3) is 1.17. The van der Waals surface area contributed by atoms with Crippen LogP contribution < -0.4 is 0 Å². The standard InChI is InChI=1S/C9H11N3O2/c1-3-14-9(13)7-6-10-12-5-4-11(2)8(7)12/h4-6H,3H2,1-2H3. The van der Waals surface area contributed by atoms with Crippen LogP contribution in [0.25, 0.3) is 5.65 Å². The highest BCUT2D eigenvalue weighted by molar-refractivity contribution is 5.95. The zero-order valence-corrected chi connectivity index (χ0v) is 8.10. The summed E-state index contributed by atoms with van der Waals surface area (Å²) >= 11 is 0. The Morgan fingerprint density at radius 3 is 3.07 bits per heavy atom. The van der Waals surface area contributed by atoms with Crippen LogP contribution in [0.15, 0.2) is 18.6 Å². The van der Waals surface area contributed by atoms with Gasteiger partial charge in [-0.3, -0.25) is 0 Å². The van der Waals surface area contributed by atoms with E-state index in [0.717, 1.165) is 5.65 Å². The molecular formula is C9H11N3O2. The van der Waals surface area contributed by atoms with Gasteiger partial charge in [-0.15, -0.1) is 0 Å². The first-order chi connectivity index (χ1) is 6.74. The zero-order valence-electron chi connectivity index (χ0n) is 8.10. The van der Waals surface area contributed by atoms with Crippen molar-refractivity contribution in [3.05, 3.63) is 24.2 Å². The van der Waals surface area contributed by atoms with Gasteiger partial charge in [0.25, 0.3) is 0 Å². The first kappa shape index (κ1) is 8.80. The van der Waals surface area contributed by atoms with E-state index in [1.807, 2.05) is 17.8 Å². The van der Waals surface area contributed by atoms with E-state index < -0.39 is 0 Å². The van der Waals surface area contributed by atoms with Gasteiger partial charge in [0.2, 0.25) is 0 Å². The van der Waals surface area contributed by atoms with Crippen molar-refractivity contribution in [1.82, 2.24) is 14.2 Å². The van der Waals surface area contributed by atoms with Crippen molar-refractivity contribution in [2.45, 2.75) is 6.92 Å². The quantitative estimate of drug-likeness (QED) is 0.664. The van der Waals surface area contributed by atoms with Crippen LogP contribution in [0, 0.1) is 0 Å². The van der Waals surface area contributed by atoms with Crippen molar-refractivity contribution < 1.29 is 9.53 Å². The van der Waals surface area contributed by atoms with Crippen LogP contribution >= 0.6 is 0 Å². The molecule has 2 rings (SSSR count). The number of ether oxygens (including phenoxy) is 1. The van der Waals surface area contributed by atoms with Crippen LogP contribution in [-0.2, 0) is 11.8 Å². The third-order valence-corrected chi connectivity index (χ3v) is 2.03. The Labute approximate surface area is 80.9 Å². The number of esters is 1. The van der Waals surface area contributed by atoms with Crippen LogP contribution in [0.1, 0.15) is 17.3 Å². The van der Waals surface area contributed by atoms with Gasteiger partial charge in [0.05, 0.1) is 12.8 Å². The molecule has 2 aromatic heterocycles. The number of hydrogen-bond donors (Lipinski definition) is 0. The smallest absolute Gasteiger partial charge is 0.343 e. The monoisotopic (exact) mass is 193 g/mol. The first-order valence-corrected chi connectivity index (χ1v) is 4.40. The van der Waals surface area contributed by atoms with Crippen molar-refractivity contribution in [2.75, 3.05) is 6.61 Å². The molecule has 0 atom stereocenters. The number of carbonyl (C=O) groups excluding carboxylic acids is 1. The van der Waals surface area contributed by atoms with Crippen molar-refractivity contribution in [3.63, 3.8) is 0 Å². The molecule has 5 heteroatoms. The second kappa shape index (κ2) is 3.17. The van der Waals surface area contributed by atoms with E-state index in [2.05, 4.69) is 5.10 Å². The summed E-state index contributed by atoms with van der Waals surface area (Å²) in [6.07, 6.45) is 5.15. The molecule has 0 saturated carbocycles. The molecule has 0 aliphatic heterocycles. The van der Waals surface area contributed by atoms with Crippen LogP contribution in [0.3, 0.4) is 0 Å². The van der Waals surface area contributed by atoms with Gasteiger partial charge in [-0.1, -0.05) is 0 Å². The molecule has 2 aromatic rings. The maximum absolute atomic E-state index is 11.5. The van der Waals surface area contributed by atoms with Crippen molar-refractivity contribution in [1.29, 1.82) is 0 Å². The van der Waals surface area contributed by atoms with Gasteiger partial charge >= 0.3 is 5.97 Å². The van der Waals surface area contributed by atoms with E-state index >= 15 is 0 Å². The minimum absolute atomic E-state index is 0.329. The fraction of sp³-hybridized carbons (Fsp3) is 0.333. The summed E-state index contributed by atoms with van der Waals surface area (Å²) in [5.74, 6) is -0.329. The Morgan fingerprint density at radius 2 is 2.36 bits per heavy atom. The summed E-state index contributed by atoms with van der Waals surface area (Å²) < 4.78 is 8.39. The topological polar surface area (TPSA) is 48.5 Å². The number of aromatic nitrogens is 3. The van der Waals surface area contributed by atoms with Gasteiger partial charge < -0.3 is 9.30 Å². The zero-order chi connectivity index (χ0) is 10.1. The first-order valence-electron chi connectivity index (χ1n) is 4.40. The molecule has 0 unspecified atom stereocenters. The fourth-order valence-electron chi connectivity index (χ4n) is 1.40. The second-order valence-corrected chi connectivity index (χ2v) is 2.96. The normalized spacial score (nSPS) is 10.7. The summed E-state index contributed by atoms with van der Waals surface area (Å²) in [7, 11) is 1.86. The van der Waals surface area contributed by atoms with Crippen molar-refractivity contribution >= 4 is 11.6 Å². The molecule has 0 spiro atoms. The molecule has 0 amide bonds. The van der Waals surface area contributed by atoms with Crippen molar-refractivity contribution in [3.8, 4) is 0 Å². The lowest BCUT2D eigenvalue weighted by Crippen LogP contribution is -2.05. The van der Waals surface area contributed by atoms with Gasteiger partial charge in [0.15, 0.2) is 0 Å². The molecular weight excluding hydrogens is 182 g/mol. The Balaban J connectivity index is 2.51. The van der Waals surface area contributed by atoms with E-state index in [9.17, 15) is 4.79 Å². The Kier molecular flexibility index (Phi) is 1.99. The average Bonchev–Trinajstić information content (AvgIpc) is 2.70. The summed E-state index contributed by atoms with van der Waals surface area (Å²) in [6, 6.07) is 0. The minimum Gasteiger partial charge on any atom is -0.462 e. The molecule has 0 N–H and O–H groups in total. The fourth-order valence-corrected chi connectivity index (χ4v) is 1.40. The lowest BCUT2D eigenvalue weighted by Gasteiger charge is -1.99. The van der Waals surface area contributed by atoms with Crippen LogP contribution in [0.4, 0.5) is 0 Å². The summed E-state index contributed by atoms with van der Waals surface area (Å²) in [6.45, 7) is 2.16. The minimum atomic E-state index is -0.329. The Hall–Kier alpha value is -1.78. The number of imidazole rings is 1. The van der Waals surface area contributed by atoms with E-state index in [1.54, 1.807) is 17.6 Å². The number of fused-ring (bicyclic) bond motifs is 1. The molecule has 0 aliphatic rings. The molecule has 2 heterocycles. The molecule has 0 aromatic carbocycles. The van der Waals surface area contributed by atoms with Crippen LogP contribution in [-0.4, -0.2) is 26.8 Å². The Morgan fingerprint density at radius 1 is 1.57 bits per heavy atom. The maximum Gasteiger partial charge on any atom is 0.343 e. The number of nitrogens with zero attached hydrogens (tertiary/aromatic N) is 3. The number of aryl methyl sites for hydroxylation is 1. The lowest BCUT2D eigenvalue weighted by atomic mass is 10.3. The highest BCUT2D eigenvalue weighted by Crippen LogP contribution is 2.11. The van der Waals surface area contributed by atoms with Gasteiger partial charge in [-0.25, -0.2) is 9.31 Å². The van der Waals surface area contributed by atoms with Crippen LogP contribution in [0.5, 0.6) is 0 Å². The number of rotatable bonds is 2. The average molecular weight is 193 g/mol. The highest BCUT2D eigenvalue weighted by atomic mass is 16.5. The summed E-state index contributed by atoms with van der Waals surface area (Å²) in [4.78, 5) is 11.5. The highest BCUT2D eigenvalue weighted by Gasteiger charge is 2.15. The lowest BCUT2D eigenvalue weighted by molar-refractivity contribution is 0.0528. The number of carbonyl (C=O) groups is 1. The SMILES string of the molecule is CCOC(=O)c1cnn2ccn(C)c12. The van der Waals surface area contributed by atoms with Gasteiger partial charge in [-0.2, -0.15) is 5.10 Å². The molecule has 0 bridgehead atoms. The molecule has 0 fully saturated rings. The van der Waals surface area contributed by atoms with E-state index in [-0.39, 0.29) is 5.97 Å². The third-order valence-electron chi connectivity index (χ3n) is 2.03. The molecule has 5 nitrogen and oxygen atoms in total. The maximum atomic E-state index is 11.5. The summed E-state index contributed by atoms with van der Waals surface area (Å²) in [5.41, 5.74) is 1.25. The predicted octanol–water partition coefficient (Wildman–Crippen LogP) is 0.849. The molecule has 0 saturated heterocycles. The van der Waals surface area contributed by atoms with Crippen molar-refractivity contribution in [2.24, 2.45) is 7.05 Å². The predicted molar refractivity (Wildman–Crippen MR) is 50.1 cm³/mol. The Bertz CT molecular complexity index is 469. The van der Waals surface area contributed by atoms with E-state index in [0.29, 0.717) is 12.2 Å². The molecule has 0 radical (unpaired) electrons.